The van der Waals surface area contributed by atoms with Gasteiger partial charge in [0.15, 0.2) is 0 Å². The van der Waals surface area contributed by atoms with Crippen molar-refractivity contribution in [3.8, 4) is 0 Å². The number of unbranched alkanes of at least 4 members (excludes halogenated alkanes) is 1. The minimum atomic E-state index is -0.316. The first-order valence-corrected chi connectivity index (χ1v) is 9.54. The van der Waals surface area contributed by atoms with Gasteiger partial charge < -0.3 is 15.5 Å². The highest BCUT2D eigenvalue weighted by Gasteiger charge is 2.24. The topological polar surface area (TPSA) is 107 Å². The maximum atomic E-state index is 13.1. The Kier molecular flexibility index (Phi) is 4.99. The van der Waals surface area contributed by atoms with Crippen molar-refractivity contribution in [2.45, 2.75) is 26.3 Å². The van der Waals surface area contributed by atoms with Crippen molar-refractivity contribution >= 4 is 28.4 Å². The van der Waals surface area contributed by atoms with Crippen LogP contribution in [0, 0.1) is 0 Å². The molecular formula is C21H22N5O3+. The van der Waals surface area contributed by atoms with Crippen LogP contribution in [0.1, 0.15) is 35.9 Å². The van der Waals surface area contributed by atoms with Gasteiger partial charge in [-0.05, 0) is 36.8 Å². The Bertz CT molecular complexity index is 1240. The van der Waals surface area contributed by atoms with Crippen LogP contribution in [0.25, 0.3) is 16.7 Å². The molecule has 0 fully saturated rings. The van der Waals surface area contributed by atoms with E-state index in [1.54, 1.807) is 41.3 Å². The molecule has 0 aromatic carbocycles. The second-order valence-electron chi connectivity index (χ2n) is 6.80. The molecule has 0 spiro atoms. The molecule has 4 aromatic heterocycles. The number of carbonyl (C=O) groups is 1. The zero-order chi connectivity index (χ0) is 20.4. The predicted octanol–water partition coefficient (Wildman–Crippen LogP) is 1.89. The molecule has 0 atom stereocenters. The first-order chi connectivity index (χ1) is 14.1. The van der Waals surface area contributed by atoms with Gasteiger partial charge in [0.2, 0.25) is 11.5 Å². The van der Waals surface area contributed by atoms with Gasteiger partial charge in [0.05, 0.1) is 6.26 Å². The molecule has 0 aliphatic carbocycles. The molecule has 1 amide bonds. The number of aromatic nitrogens is 3. The summed E-state index contributed by atoms with van der Waals surface area (Å²) in [5, 5.41) is 3.18. The van der Waals surface area contributed by atoms with E-state index >= 15 is 0 Å². The van der Waals surface area contributed by atoms with Crippen molar-refractivity contribution in [3.63, 3.8) is 0 Å². The van der Waals surface area contributed by atoms with Crippen LogP contribution in [0.4, 0.5) is 5.82 Å². The number of rotatable bonds is 6. The Morgan fingerprint density at radius 3 is 2.93 bits per heavy atom. The van der Waals surface area contributed by atoms with Crippen LogP contribution in [0.15, 0.2) is 58.1 Å². The highest BCUT2D eigenvalue weighted by atomic mass is 16.3. The third kappa shape index (κ3) is 3.44. The highest BCUT2D eigenvalue weighted by Crippen LogP contribution is 2.16. The third-order valence-corrected chi connectivity index (χ3v) is 4.81. The summed E-state index contributed by atoms with van der Waals surface area (Å²) in [7, 11) is 0. The Morgan fingerprint density at radius 1 is 1.31 bits per heavy atom. The Labute approximate surface area is 166 Å². The third-order valence-electron chi connectivity index (χ3n) is 4.81. The van der Waals surface area contributed by atoms with Crippen molar-refractivity contribution in [1.82, 2.24) is 14.7 Å². The normalized spacial score (nSPS) is 11.2. The number of nitrogen functional groups attached to an aromatic ring is 1. The van der Waals surface area contributed by atoms with Crippen LogP contribution >= 0.6 is 0 Å². The number of fused-ring (bicyclic) bond motifs is 2. The second kappa shape index (κ2) is 7.75. The molecule has 148 valence electrons. The van der Waals surface area contributed by atoms with E-state index in [-0.39, 0.29) is 29.4 Å². The Balaban J connectivity index is 1.96. The van der Waals surface area contributed by atoms with Crippen LogP contribution in [0.5, 0.6) is 0 Å². The molecule has 8 nitrogen and oxygen atoms in total. The number of hydrogen-bond acceptors (Lipinski definition) is 5. The first kappa shape index (κ1) is 18.7. The average molecular weight is 392 g/mol. The van der Waals surface area contributed by atoms with Crippen LogP contribution in [-0.2, 0) is 6.54 Å². The fraction of sp³-hybridized carbons (Fsp3) is 0.238. The van der Waals surface area contributed by atoms with Crippen molar-refractivity contribution in [3.05, 3.63) is 70.5 Å². The maximum absolute atomic E-state index is 13.1. The molecule has 0 aliphatic rings. The number of pyridine rings is 2. The lowest BCUT2D eigenvalue weighted by Gasteiger charge is -2.11. The summed E-state index contributed by atoms with van der Waals surface area (Å²) in [6.45, 7) is 2.84. The number of furan rings is 1. The number of nitrogens with two attached hydrogens (primary N) is 1. The molecule has 0 aliphatic heterocycles. The molecule has 3 N–H and O–H groups in total. The molecule has 8 heteroatoms. The quantitative estimate of drug-likeness (QED) is 0.296. The van der Waals surface area contributed by atoms with E-state index in [1.165, 1.54) is 10.5 Å². The lowest BCUT2D eigenvalue weighted by atomic mass is 10.1. The van der Waals surface area contributed by atoms with Gasteiger partial charge >= 0.3 is 0 Å². The van der Waals surface area contributed by atoms with E-state index in [0.717, 1.165) is 12.8 Å². The number of hydrogen-bond donors (Lipinski definition) is 2. The Hall–Kier alpha value is -3.68. The van der Waals surface area contributed by atoms with E-state index < -0.39 is 0 Å². The van der Waals surface area contributed by atoms with Crippen LogP contribution in [0.2, 0.25) is 0 Å². The zero-order valence-corrected chi connectivity index (χ0v) is 16.1. The van der Waals surface area contributed by atoms with Gasteiger partial charge in [-0.25, -0.2) is 4.57 Å². The SMILES string of the molecule is CCCCNC(=O)c1cc2c(=O)n3ccccc3nc2[n+](Cc2ccco2)c1N. The summed E-state index contributed by atoms with van der Waals surface area (Å²) >= 11 is 0. The summed E-state index contributed by atoms with van der Waals surface area (Å²) < 4.78 is 8.55. The van der Waals surface area contributed by atoms with Gasteiger partial charge in [-0.1, -0.05) is 24.4 Å². The van der Waals surface area contributed by atoms with Crippen molar-refractivity contribution < 1.29 is 13.8 Å². The summed E-state index contributed by atoms with van der Waals surface area (Å²) in [6, 6.07) is 10.4. The second-order valence-corrected chi connectivity index (χ2v) is 6.80. The minimum Gasteiger partial charge on any atom is -0.466 e. The molecule has 4 heterocycles. The van der Waals surface area contributed by atoms with E-state index in [2.05, 4.69) is 10.3 Å². The molecule has 0 saturated heterocycles. The molecule has 4 aromatic rings. The number of anilines is 1. The van der Waals surface area contributed by atoms with Crippen LogP contribution in [0.3, 0.4) is 0 Å². The van der Waals surface area contributed by atoms with Gasteiger partial charge in [-0.15, -0.1) is 0 Å². The number of carbonyl (C=O) groups excluding carboxylic acids is 1. The number of amides is 1. The smallest absolute Gasteiger partial charge is 0.278 e. The van der Waals surface area contributed by atoms with Gasteiger partial charge in [0.25, 0.3) is 17.1 Å². The van der Waals surface area contributed by atoms with Gasteiger partial charge in [0, 0.05) is 12.7 Å². The Morgan fingerprint density at radius 2 is 2.17 bits per heavy atom. The fourth-order valence-electron chi connectivity index (χ4n) is 3.28. The maximum Gasteiger partial charge on any atom is 0.278 e. The number of nitrogens with zero attached hydrogens (tertiary/aromatic N) is 3. The molecule has 4 rings (SSSR count). The molecule has 0 bridgehead atoms. The molecule has 0 unspecified atom stereocenters. The van der Waals surface area contributed by atoms with Crippen molar-refractivity contribution in [2.24, 2.45) is 0 Å². The van der Waals surface area contributed by atoms with Crippen LogP contribution < -0.4 is 21.2 Å². The van der Waals surface area contributed by atoms with Gasteiger partial charge in [-0.3, -0.25) is 14.0 Å². The molecule has 29 heavy (non-hydrogen) atoms. The van der Waals surface area contributed by atoms with Crippen molar-refractivity contribution in [2.75, 3.05) is 12.3 Å². The van der Waals surface area contributed by atoms with E-state index in [9.17, 15) is 9.59 Å². The van der Waals surface area contributed by atoms with Crippen molar-refractivity contribution in [1.29, 1.82) is 0 Å². The van der Waals surface area contributed by atoms with E-state index in [0.29, 0.717) is 29.0 Å². The largest absolute Gasteiger partial charge is 0.466 e. The van der Waals surface area contributed by atoms with E-state index in [1.807, 2.05) is 13.0 Å². The lowest BCUT2D eigenvalue weighted by Crippen LogP contribution is -2.43. The zero-order valence-electron chi connectivity index (χ0n) is 16.1. The standard InChI is InChI=1S/C21H21N5O3/c1-2-3-9-23-20(27)15-12-16-19(24-17-8-4-5-10-25(17)21(16)28)26(18(15)22)13-14-7-6-11-29-14/h4-8,10-12,22H,2-3,9,13H2,1H3,(H,23,27)/p+1. The van der Waals surface area contributed by atoms with Gasteiger partial charge in [0.1, 0.15) is 23.3 Å². The average Bonchev–Trinajstić information content (AvgIpc) is 3.24. The first-order valence-electron chi connectivity index (χ1n) is 9.54. The highest BCUT2D eigenvalue weighted by molar-refractivity contribution is 6.00. The summed E-state index contributed by atoms with van der Waals surface area (Å²) in [5.74, 6) is 0.556. The summed E-state index contributed by atoms with van der Waals surface area (Å²) in [5.41, 5.74) is 7.26. The monoisotopic (exact) mass is 392 g/mol. The predicted molar refractivity (Wildman–Crippen MR) is 109 cm³/mol. The van der Waals surface area contributed by atoms with E-state index in [4.69, 9.17) is 10.2 Å². The van der Waals surface area contributed by atoms with Crippen LogP contribution in [-0.4, -0.2) is 21.8 Å². The van der Waals surface area contributed by atoms with Gasteiger partial charge in [-0.2, -0.15) is 0 Å². The molecular weight excluding hydrogens is 370 g/mol. The lowest BCUT2D eigenvalue weighted by molar-refractivity contribution is -0.651. The summed E-state index contributed by atoms with van der Waals surface area (Å²) in [4.78, 5) is 30.5. The number of nitrogens with one attached hydrogen (secondary N) is 1. The minimum absolute atomic E-state index is 0.232. The molecule has 0 radical (unpaired) electrons. The molecule has 0 saturated carbocycles. The summed E-state index contributed by atoms with van der Waals surface area (Å²) in [6.07, 6.45) is 5.04. The fourth-order valence-corrected chi connectivity index (χ4v) is 3.28.